The summed E-state index contributed by atoms with van der Waals surface area (Å²) >= 11 is 0. The average Bonchev–Trinajstić information content (AvgIpc) is 2.56. The fourth-order valence-corrected chi connectivity index (χ4v) is 2.52. The summed E-state index contributed by atoms with van der Waals surface area (Å²) in [6.45, 7) is 4.35. The lowest BCUT2D eigenvalue weighted by molar-refractivity contribution is -0.132. The number of piperazine rings is 1. The number of rotatable bonds is 6. The lowest BCUT2D eigenvalue weighted by Crippen LogP contribution is -2.48. The summed E-state index contributed by atoms with van der Waals surface area (Å²) in [5, 5.41) is 5.55. The van der Waals surface area contributed by atoms with Crippen molar-refractivity contribution in [2.75, 3.05) is 46.3 Å². The topological polar surface area (TPSA) is 64.7 Å². The third kappa shape index (κ3) is 6.28. The van der Waals surface area contributed by atoms with Crippen LogP contribution >= 0.6 is 0 Å². The number of urea groups is 1. The molecule has 0 bridgehead atoms. The molecule has 1 aliphatic rings. The van der Waals surface area contributed by atoms with Gasteiger partial charge >= 0.3 is 6.03 Å². The van der Waals surface area contributed by atoms with Crippen molar-refractivity contribution in [3.8, 4) is 0 Å². The lowest BCUT2D eigenvalue weighted by Gasteiger charge is -2.32. The monoisotopic (exact) mass is 318 g/mol. The first-order valence-corrected chi connectivity index (χ1v) is 8.17. The number of likely N-dealkylation sites (N-methyl/N-ethyl adjacent to an activating group) is 1. The maximum absolute atomic E-state index is 12.0. The SMILES string of the molecule is CN1CCN(C(=O)CCNC(=O)NCCc2ccccc2)CC1. The van der Waals surface area contributed by atoms with Crippen LogP contribution in [0.1, 0.15) is 12.0 Å². The van der Waals surface area contributed by atoms with Crippen LogP contribution in [0, 0.1) is 0 Å². The number of benzene rings is 1. The van der Waals surface area contributed by atoms with Gasteiger partial charge in [-0.25, -0.2) is 4.79 Å². The van der Waals surface area contributed by atoms with Crippen molar-refractivity contribution in [1.29, 1.82) is 0 Å². The van der Waals surface area contributed by atoms with Crippen LogP contribution in [0.4, 0.5) is 4.79 Å². The highest BCUT2D eigenvalue weighted by Crippen LogP contribution is 2.01. The second-order valence-electron chi connectivity index (χ2n) is 5.85. The lowest BCUT2D eigenvalue weighted by atomic mass is 10.1. The number of carbonyl (C=O) groups excluding carboxylic acids is 2. The molecule has 0 saturated carbocycles. The maximum Gasteiger partial charge on any atom is 0.314 e. The number of hydrogen-bond acceptors (Lipinski definition) is 3. The van der Waals surface area contributed by atoms with Crippen molar-refractivity contribution in [3.05, 3.63) is 35.9 Å². The standard InChI is InChI=1S/C17H26N4O2/c1-20-11-13-21(14-12-20)16(22)8-10-19-17(23)18-9-7-15-5-3-2-4-6-15/h2-6H,7-14H2,1H3,(H2,18,19,23). The van der Waals surface area contributed by atoms with Crippen molar-refractivity contribution in [1.82, 2.24) is 20.4 Å². The summed E-state index contributed by atoms with van der Waals surface area (Å²) < 4.78 is 0. The zero-order valence-electron chi connectivity index (χ0n) is 13.8. The Hall–Kier alpha value is -2.08. The number of nitrogens with zero attached hydrogens (tertiary/aromatic N) is 2. The molecule has 126 valence electrons. The molecule has 0 atom stereocenters. The largest absolute Gasteiger partial charge is 0.340 e. The van der Waals surface area contributed by atoms with Crippen LogP contribution in [0.25, 0.3) is 0 Å². The zero-order valence-corrected chi connectivity index (χ0v) is 13.8. The second-order valence-corrected chi connectivity index (χ2v) is 5.85. The predicted octanol–water partition coefficient (Wildman–Crippen LogP) is 0.692. The molecule has 1 aromatic carbocycles. The van der Waals surface area contributed by atoms with Gasteiger partial charge in [0.25, 0.3) is 0 Å². The van der Waals surface area contributed by atoms with Crippen molar-refractivity contribution in [2.24, 2.45) is 0 Å². The third-order valence-corrected chi connectivity index (χ3v) is 4.02. The first kappa shape index (κ1) is 17.3. The minimum Gasteiger partial charge on any atom is -0.340 e. The third-order valence-electron chi connectivity index (χ3n) is 4.02. The highest BCUT2D eigenvalue weighted by atomic mass is 16.2. The highest BCUT2D eigenvalue weighted by Gasteiger charge is 2.18. The molecule has 6 heteroatoms. The van der Waals surface area contributed by atoms with Crippen molar-refractivity contribution >= 4 is 11.9 Å². The summed E-state index contributed by atoms with van der Waals surface area (Å²) in [6, 6.07) is 9.80. The van der Waals surface area contributed by atoms with Crippen LogP contribution in [-0.2, 0) is 11.2 Å². The van der Waals surface area contributed by atoms with E-state index in [1.165, 1.54) is 5.56 Å². The molecule has 3 amide bonds. The van der Waals surface area contributed by atoms with E-state index >= 15 is 0 Å². The van der Waals surface area contributed by atoms with Crippen LogP contribution in [0.5, 0.6) is 0 Å². The molecule has 1 fully saturated rings. The Morgan fingerprint density at radius 2 is 1.65 bits per heavy atom. The molecule has 6 nitrogen and oxygen atoms in total. The first-order chi connectivity index (χ1) is 11.1. The van der Waals surface area contributed by atoms with Gasteiger partial charge in [-0.3, -0.25) is 4.79 Å². The molecule has 0 aliphatic carbocycles. The molecule has 2 N–H and O–H groups in total. The van der Waals surface area contributed by atoms with E-state index in [0.717, 1.165) is 32.6 Å². The summed E-state index contributed by atoms with van der Waals surface area (Å²) in [6.07, 6.45) is 1.16. The van der Waals surface area contributed by atoms with Gasteiger partial charge in [0.15, 0.2) is 0 Å². The molecule has 1 aliphatic heterocycles. The first-order valence-electron chi connectivity index (χ1n) is 8.17. The van der Waals surface area contributed by atoms with Gasteiger partial charge in [-0.2, -0.15) is 0 Å². The fourth-order valence-electron chi connectivity index (χ4n) is 2.52. The van der Waals surface area contributed by atoms with Gasteiger partial charge in [0.05, 0.1) is 0 Å². The van der Waals surface area contributed by atoms with E-state index < -0.39 is 0 Å². The van der Waals surface area contributed by atoms with Gasteiger partial charge in [0, 0.05) is 45.7 Å². The number of hydrogen-bond donors (Lipinski definition) is 2. The van der Waals surface area contributed by atoms with E-state index in [-0.39, 0.29) is 11.9 Å². The van der Waals surface area contributed by atoms with Gasteiger partial charge in [-0.05, 0) is 19.0 Å². The maximum atomic E-state index is 12.0. The number of nitrogens with one attached hydrogen (secondary N) is 2. The highest BCUT2D eigenvalue weighted by molar-refractivity contribution is 5.78. The molecular formula is C17H26N4O2. The molecular weight excluding hydrogens is 292 g/mol. The molecule has 1 aromatic rings. The molecule has 1 saturated heterocycles. The Labute approximate surface area is 137 Å². The van der Waals surface area contributed by atoms with E-state index in [2.05, 4.69) is 22.6 Å². The quantitative estimate of drug-likeness (QED) is 0.811. The van der Waals surface area contributed by atoms with E-state index in [1.54, 1.807) is 0 Å². The summed E-state index contributed by atoms with van der Waals surface area (Å²) in [5.41, 5.74) is 1.19. The molecule has 0 aromatic heterocycles. The summed E-state index contributed by atoms with van der Waals surface area (Å²) in [7, 11) is 2.06. The molecule has 0 radical (unpaired) electrons. The van der Waals surface area contributed by atoms with Crippen LogP contribution in [0.3, 0.4) is 0 Å². The Morgan fingerprint density at radius 3 is 2.35 bits per heavy atom. The van der Waals surface area contributed by atoms with E-state index in [9.17, 15) is 9.59 Å². The van der Waals surface area contributed by atoms with Crippen LogP contribution in [-0.4, -0.2) is 68.1 Å². The Balaban J connectivity index is 1.55. The zero-order chi connectivity index (χ0) is 16.5. The van der Waals surface area contributed by atoms with Crippen molar-refractivity contribution in [2.45, 2.75) is 12.8 Å². The minimum absolute atomic E-state index is 0.114. The summed E-state index contributed by atoms with van der Waals surface area (Å²) in [5.74, 6) is 0.114. The van der Waals surface area contributed by atoms with Crippen LogP contribution < -0.4 is 10.6 Å². The predicted molar refractivity (Wildman–Crippen MR) is 90.2 cm³/mol. The number of carbonyl (C=O) groups is 2. The summed E-state index contributed by atoms with van der Waals surface area (Å²) in [4.78, 5) is 27.8. The number of amides is 3. The second kappa shape index (κ2) is 9.15. The van der Waals surface area contributed by atoms with Crippen LogP contribution in [0.2, 0.25) is 0 Å². The Kier molecular flexibility index (Phi) is 6.87. The van der Waals surface area contributed by atoms with Gasteiger partial charge in [-0.15, -0.1) is 0 Å². The van der Waals surface area contributed by atoms with E-state index in [0.29, 0.717) is 19.5 Å². The van der Waals surface area contributed by atoms with Crippen molar-refractivity contribution in [3.63, 3.8) is 0 Å². The van der Waals surface area contributed by atoms with Crippen molar-refractivity contribution < 1.29 is 9.59 Å². The minimum atomic E-state index is -0.216. The Bertz CT molecular complexity index is 499. The molecule has 0 unspecified atom stereocenters. The van der Waals surface area contributed by atoms with Gasteiger partial charge in [-0.1, -0.05) is 30.3 Å². The molecule has 1 heterocycles. The smallest absolute Gasteiger partial charge is 0.314 e. The van der Waals surface area contributed by atoms with E-state index in [4.69, 9.17) is 0 Å². The fraction of sp³-hybridized carbons (Fsp3) is 0.529. The molecule has 2 rings (SSSR count). The van der Waals surface area contributed by atoms with Crippen LogP contribution in [0.15, 0.2) is 30.3 Å². The Morgan fingerprint density at radius 1 is 1.00 bits per heavy atom. The van der Waals surface area contributed by atoms with Gasteiger partial charge < -0.3 is 20.4 Å². The normalized spacial score (nSPS) is 15.3. The van der Waals surface area contributed by atoms with Gasteiger partial charge in [0.1, 0.15) is 0 Å². The molecule has 23 heavy (non-hydrogen) atoms. The van der Waals surface area contributed by atoms with E-state index in [1.807, 2.05) is 35.2 Å². The van der Waals surface area contributed by atoms with Gasteiger partial charge in [0.2, 0.25) is 5.91 Å². The average molecular weight is 318 g/mol. The molecule has 0 spiro atoms.